The lowest BCUT2D eigenvalue weighted by molar-refractivity contribution is -0.164. The molecule has 138 valence electrons. The summed E-state index contributed by atoms with van der Waals surface area (Å²) in [7, 11) is 0. The number of hydrogen-bond acceptors (Lipinski definition) is 3. The third-order valence-electron chi connectivity index (χ3n) is 5.46. The summed E-state index contributed by atoms with van der Waals surface area (Å²) in [4.78, 5) is 13.2. The Labute approximate surface area is 156 Å². The van der Waals surface area contributed by atoms with Crippen LogP contribution in [0.25, 0.3) is 0 Å². The van der Waals surface area contributed by atoms with E-state index in [-0.39, 0.29) is 11.9 Å². The van der Waals surface area contributed by atoms with Crippen LogP contribution in [0.1, 0.15) is 43.7 Å². The van der Waals surface area contributed by atoms with Crippen molar-refractivity contribution in [3.05, 3.63) is 71.8 Å². The number of ether oxygens (including phenoxy) is 1. The molecule has 0 amide bonds. The first-order valence-electron chi connectivity index (χ1n) is 9.59. The highest BCUT2D eigenvalue weighted by Gasteiger charge is 2.36. The predicted octanol–water partition coefficient (Wildman–Crippen LogP) is 4.33. The molecule has 3 heteroatoms. The third kappa shape index (κ3) is 4.73. The Bertz CT molecular complexity index is 691. The standard InChI is InChI=1S/C23H29NO2/c1-23(2,20-13-15-24-16-14-20)26-22(25)21(19-11-7-4-8-12-19)17-18-9-5-3-6-10-18/h3-12,20-21,24H,13-17H2,1-2H3. The molecule has 26 heavy (non-hydrogen) atoms. The Kier molecular flexibility index (Phi) is 6.10. The Morgan fingerprint density at radius 3 is 2.23 bits per heavy atom. The molecule has 0 aliphatic carbocycles. The lowest BCUT2D eigenvalue weighted by atomic mass is 9.83. The van der Waals surface area contributed by atoms with Crippen LogP contribution in [0.4, 0.5) is 0 Å². The van der Waals surface area contributed by atoms with Gasteiger partial charge >= 0.3 is 5.97 Å². The largest absolute Gasteiger partial charge is 0.459 e. The van der Waals surface area contributed by atoms with Gasteiger partial charge in [-0.3, -0.25) is 4.79 Å². The van der Waals surface area contributed by atoms with Gasteiger partial charge in [0, 0.05) is 5.92 Å². The van der Waals surface area contributed by atoms with E-state index < -0.39 is 5.60 Å². The number of rotatable bonds is 6. The first-order valence-corrected chi connectivity index (χ1v) is 9.59. The molecule has 0 radical (unpaired) electrons. The maximum absolute atomic E-state index is 13.2. The summed E-state index contributed by atoms with van der Waals surface area (Å²) in [6.07, 6.45) is 2.76. The fourth-order valence-electron chi connectivity index (χ4n) is 3.80. The van der Waals surface area contributed by atoms with E-state index in [9.17, 15) is 4.79 Å². The molecule has 0 aromatic heterocycles. The second-order valence-electron chi connectivity index (χ2n) is 7.70. The van der Waals surface area contributed by atoms with Crippen LogP contribution in [0, 0.1) is 5.92 Å². The van der Waals surface area contributed by atoms with E-state index >= 15 is 0 Å². The van der Waals surface area contributed by atoms with E-state index in [4.69, 9.17) is 4.74 Å². The van der Waals surface area contributed by atoms with Crippen LogP contribution in [0.15, 0.2) is 60.7 Å². The maximum atomic E-state index is 13.2. The minimum Gasteiger partial charge on any atom is -0.459 e. The molecular formula is C23H29NO2. The fourth-order valence-corrected chi connectivity index (χ4v) is 3.80. The summed E-state index contributed by atoms with van der Waals surface area (Å²) >= 11 is 0. The lowest BCUT2D eigenvalue weighted by Crippen LogP contribution is -2.43. The van der Waals surface area contributed by atoms with Gasteiger partial charge in [-0.15, -0.1) is 0 Å². The van der Waals surface area contributed by atoms with Crippen molar-refractivity contribution in [1.82, 2.24) is 5.32 Å². The summed E-state index contributed by atoms with van der Waals surface area (Å²) in [6.45, 7) is 6.12. The van der Waals surface area contributed by atoms with Crippen molar-refractivity contribution in [2.75, 3.05) is 13.1 Å². The van der Waals surface area contributed by atoms with Crippen LogP contribution < -0.4 is 5.32 Å². The number of piperidine rings is 1. The lowest BCUT2D eigenvalue weighted by Gasteiger charge is -2.37. The van der Waals surface area contributed by atoms with Gasteiger partial charge in [0.05, 0.1) is 5.92 Å². The highest BCUT2D eigenvalue weighted by atomic mass is 16.6. The Morgan fingerprint density at radius 1 is 1.04 bits per heavy atom. The van der Waals surface area contributed by atoms with Crippen LogP contribution >= 0.6 is 0 Å². The zero-order valence-electron chi connectivity index (χ0n) is 15.8. The van der Waals surface area contributed by atoms with E-state index in [0.717, 1.165) is 37.1 Å². The number of hydrogen-bond donors (Lipinski definition) is 1. The fraction of sp³-hybridized carbons (Fsp3) is 0.435. The van der Waals surface area contributed by atoms with Crippen molar-refractivity contribution in [2.24, 2.45) is 5.92 Å². The highest BCUT2D eigenvalue weighted by Crippen LogP contribution is 2.32. The minimum atomic E-state index is -0.442. The van der Waals surface area contributed by atoms with Gasteiger partial charge in [-0.2, -0.15) is 0 Å². The average Bonchev–Trinajstić information content (AvgIpc) is 2.68. The van der Waals surface area contributed by atoms with Crippen LogP contribution in [0.5, 0.6) is 0 Å². The van der Waals surface area contributed by atoms with Crippen molar-refractivity contribution < 1.29 is 9.53 Å². The molecule has 0 spiro atoms. The molecule has 1 aliphatic heterocycles. The molecule has 2 aromatic rings. The second-order valence-corrected chi connectivity index (χ2v) is 7.70. The van der Waals surface area contributed by atoms with E-state index in [1.54, 1.807) is 0 Å². The van der Waals surface area contributed by atoms with Crippen molar-refractivity contribution in [2.45, 2.75) is 44.6 Å². The molecule has 1 saturated heterocycles. The highest BCUT2D eigenvalue weighted by molar-refractivity contribution is 5.79. The van der Waals surface area contributed by atoms with E-state index in [2.05, 4.69) is 31.3 Å². The van der Waals surface area contributed by atoms with Crippen molar-refractivity contribution in [3.63, 3.8) is 0 Å². The average molecular weight is 351 g/mol. The van der Waals surface area contributed by atoms with E-state index in [1.807, 2.05) is 48.5 Å². The van der Waals surface area contributed by atoms with Gasteiger partial charge in [0.1, 0.15) is 5.60 Å². The summed E-state index contributed by atoms with van der Waals surface area (Å²) in [5.41, 5.74) is 1.73. The number of carbonyl (C=O) groups is 1. The molecule has 1 unspecified atom stereocenters. The minimum absolute atomic E-state index is 0.122. The molecule has 3 rings (SSSR count). The molecule has 2 aromatic carbocycles. The molecular weight excluding hydrogens is 322 g/mol. The summed E-state index contributed by atoms with van der Waals surface area (Å²) in [5, 5.41) is 3.38. The van der Waals surface area contributed by atoms with Crippen LogP contribution in [-0.2, 0) is 16.0 Å². The predicted molar refractivity (Wildman–Crippen MR) is 105 cm³/mol. The normalized spacial score (nSPS) is 16.8. The Morgan fingerprint density at radius 2 is 1.62 bits per heavy atom. The first kappa shape index (κ1) is 18.7. The van der Waals surface area contributed by atoms with Crippen molar-refractivity contribution in [1.29, 1.82) is 0 Å². The smallest absolute Gasteiger partial charge is 0.314 e. The van der Waals surface area contributed by atoms with Gasteiger partial charge in [0.2, 0.25) is 0 Å². The molecule has 1 aliphatic rings. The number of nitrogens with one attached hydrogen (secondary N) is 1. The van der Waals surface area contributed by atoms with Gasteiger partial charge in [0.25, 0.3) is 0 Å². The molecule has 0 saturated carbocycles. The number of benzene rings is 2. The molecule has 3 nitrogen and oxygen atoms in total. The van der Waals surface area contributed by atoms with Gasteiger partial charge < -0.3 is 10.1 Å². The molecule has 1 heterocycles. The van der Waals surface area contributed by atoms with Gasteiger partial charge in [-0.25, -0.2) is 0 Å². The zero-order valence-corrected chi connectivity index (χ0v) is 15.8. The summed E-state index contributed by atoms with van der Waals surface area (Å²) in [5.74, 6) is 0.00373. The SMILES string of the molecule is CC(C)(OC(=O)C(Cc1ccccc1)c1ccccc1)C1CCNCC1. The zero-order chi connectivity index (χ0) is 18.4. The van der Waals surface area contributed by atoms with Gasteiger partial charge in [0.15, 0.2) is 0 Å². The van der Waals surface area contributed by atoms with Crippen LogP contribution in [0.3, 0.4) is 0 Å². The number of carbonyl (C=O) groups excluding carboxylic acids is 1. The Hall–Kier alpha value is -2.13. The molecule has 1 fully saturated rings. The monoisotopic (exact) mass is 351 g/mol. The van der Waals surface area contributed by atoms with Gasteiger partial charge in [-0.05, 0) is 57.3 Å². The maximum Gasteiger partial charge on any atom is 0.314 e. The van der Waals surface area contributed by atoms with E-state index in [1.165, 1.54) is 0 Å². The van der Waals surface area contributed by atoms with Gasteiger partial charge in [-0.1, -0.05) is 60.7 Å². The molecule has 1 N–H and O–H groups in total. The van der Waals surface area contributed by atoms with E-state index in [0.29, 0.717) is 12.3 Å². The van der Waals surface area contributed by atoms with Crippen LogP contribution in [-0.4, -0.2) is 24.7 Å². The third-order valence-corrected chi connectivity index (χ3v) is 5.46. The number of esters is 1. The summed E-state index contributed by atoms with van der Waals surface area (Å²) < 4.78 is 6.10. The summed E-state index contributed by atoms with van der Waals surface area (Å²) in [6, 6.07) is 20.2. The first-order chi connectivity index (χ1) is 12.6. The molecule has 1 atom stereocenters. The Balaban J connectivity index is 1.78. The van der Waals surface area contributed by atoms with Crippen LogP contribution in [0.2, 0.25) is 0 Å². The quantitative estimate of drug-likeness (QED) is 0.787. The van der Waals surface area contributed by atoms with Crippen molar-refractivity contribution >= 4 is 5.97 Å². The topological polar surface area (TPSA) is 38.3 Å². The second kappa shape index (κ2) is 8.50. The molecule has 0 bridgehead atoms. The van der Waals surface area contributed by atoms with Crippen molar-refractivity contribution in [3.8, 4) is 0 Å².